The molecule has 582 valence electrons. The summed E-state index contributed by atoms with van der Waals surface area (Å²) in [6, 6.07) is 6.25. The first kappa shape index (κ1) is 82.4. The average molecular weight is 1490 g/mol. The Hall–Kier alpha value is -10.3. The summed E-state index contributed by atoms with van der Waals surface area (Å²) in [5, 5.41) is 25.0. The van der Waals surface area contributed by atoms with Gasteiger partial charge >= 0.3 is 0 Å². The molecular weight excluding hydrogens is 1390 g/mol. The maximum Gasteiger partial charge on any atom is 0.276 e. The van der Waals surface area contributed by atoms with Crippen LogP contribution in [0.15, 0.2) is 54.6 Å². The van der Waals surface area contributed by atoms with Crippen molar-refractivity contribution < 1.29 is 81.2 Å². The highest BCUT2D eigenvalue weighted by atomic mass is 16.6. The smallest absolute Gasteiger partial charge is 0.276 e. The van der Waals surface area contributed by atoms with Crippen LogP contribution in [-0.2, 0) is 83.5 Å². The van der Waals surface area contributed by atoms with E-state index in [1.165, 1.54) is 26.0 Å². The lowest BCUT2D eigenvalue weighted by atomic mass is 9.91. The molecule has 8 rings (SSSR count). The fourth-order valence-corrected chi connectivity index (χ4v) is 12.3. The molecule has 107 heavy (non-hydrogen) atoms. The molecule has 37 heteroatoms. The van der Waals surface area contributed by atoms with Crippen LogP contribution in [0.5, 0.6) is 5.75 Å². The number of primary amides is 3. The predicted octanol–water partition coefficient (Wildman–Crippen LogP) is 0.324. The van der Waals surface area contributed by atoms with Crippen LogP contribution in [0.4, 0.5) is 11.9 Å². The number of rotatable bonds is 44. The third-order valence-electron chi connectivity index (χ3n) is 17.5. The van der Waals surface area contributed by atoms with Crippen molar-refractivity contribution in [3.8, 4) is 5.75 Å². The van der Waals surface area contributed by atoms with E-state index in [0.29, 0.717) is 111 Å². The Balaban J connectivity index is 0.865. The summed E-state index contributed by atoms with van der Waals surface area (Å²) < 4.78 is 41.0. The van der Waals surface area contributed by atoms with Crippen LogP contribution in [0.25, 0.3) is 22.1 Å². The first-order valence-corrected chi connectivity index (χ1v) is 35.6. The Labute approximate surface area is 618 Å². The molecule has 37 nitrogen and oxygen atoms in total. The highest BCUT2D eigenvalue weighted by Gasteiger charge is 2.49. The molecule has 2 fully saturated rings. The van der Waals surface area contributed by atoms with E-state index >= 15 is 0 Å². The van der Waals surface area contributed by atoms with Crippen molar-refractivity contribution in [3.05, 3.63) is 88.5 Å². The van der Waals surface area contributed by atoms with E-state index in [1.54, 1.807) is 67.6 Å². The minimum atomic E-state index is -1.53. The van der Waals surface area contributed by atoms with E-state index in [1.807, 2.05) is 39.8 Å². The molecule has 1 spiro atoms. The van der Waals surface area contributed by atoms with E-state index in [4.69, 9.17) is 61.5 Å². The SMILES string of the molecule is CCn1nc(C)cc1C(=O)Nc1nc2cc(C(N)=O)ccc2n1C/C=C/Cn1c(NC(=O)c2cc(C)nn2CC)nc2cc(C(N)=O)cc(OCCCN3CC4(C3)CN(C(=O)[C@H](CC(C)C)NC(=O)[C@H](CC(N)=O)NC(=O)[C@H](C)NC(=O)[C@H](C)NC(=O)CCOCCOCCOCCOCCON)CCO4)c21. The number of morpholine rings is 1. The minimum absolute atomic E-state index is 0.0515. The van der Waals surface area contributed by atoms with Crippen molar-refractivity contribution in [2.45, 2.75) is 137 Å². The van der Waals surface area contributed by atoms with E-state index in [9.17, 15) is 47.9 Å². The molecule has 0 unspecified atom stereocenters. The number of allylic oxidation sites excluding steroid dienone is 2. The van der Waals surface area contributed by atoms with Gasteiger partial charge < -0.3 is 85.8 Å². The lowest BCUT2D eigenvalue weighted by Gasteiger charge is -2.54. The van der Waals surface area contributed by atoms with Crippen LogP contribution in [0.3, 0.4) is 0 Å². The van der Waals surface area contributed by atoms with Crippen molar-refractivity contribution in [2.24, 2.45) is 29.0 Å². The van der Waals surface area contributed by atoms with Crippen molar-refractivity contribution in [2.75, 3.05) is 116 Å². The standard InChI is InChI=1S/C70H100N20O17/c1-9-89-54(33-43(5)83-89)65(98)81-68-79-49-35-47(60(72)93)14-15-53(49)87(68)18-11-12-19-88-59-50(80-69(88)82-66(99)55-34-44(6)84-90(55)10-2)36-48(61(73)94)37-56(59)105-21-13-17-85-39-70(40-85)41-86(20-23-106-70)67(100)52(32-42(3)4)78-64(97)51(38-57(71)91)77-63(96)46(8)76-62(95)45(7)75-58(92)16-22-101-24-25-102-26-27-103-28-29-104-30-31-107-74/h11-12,14-15,33-37,42,45-46,51-52H,9-10,13,16-32,38-41,74H2,1-8H3,(H2,71,91)(H2,72,93)(H2,73,94)(H,75,92)(H,76,95)(H,77,96)(H,78,97)(H,79,81,98)(H,80,82,99)/b12-11+/t45-,46-,51-,52-/m0/s1. The Kier molecular flexibility index (Phi) is 30.3. The second-order valence-electron chi connectivity index (χ2n) is 26.4. The van der Waals surface area contributed by atoms with Crippen molar-refractivity contribution >= 4 is 93.0 Å². The van der Waals surface area contributed by atoms with Gasteiger partial charge in [0, 0.05) is 69.9 Å². The Bertz CT molecular complexity index is 4160. The second kappa shape index (κ2) is 39.4. The number of hydrogen-bond donors (Lipinski definition) is 10. The number of likely N-dealkylation sites (tertiary alicyclic amines) is 1. The number of anilines is 2. The largest absolute Gasteiger partial charge is 0.491 e. The molecule has 0 bridgehead atoms. The molecule has 2 saturated heterocycles. The summed E-state index contributed by atoms with van der Waals surface area (Å²) in [5.74, 6) is -1.15. The minimum Gasteiger partial charge on any atom is -0.491 e. The lowest BCUT2D eigenvalue weighted by molar-refractivity contribution is -0.190. The Morgan fingerprint density at radius 2 is 1.16 bits per heavy atom. The Morgan fingerprint density at radius 1 is 0.617 bits per heavy atom. The summed E-state index contributed by atoms with van der Waals surface area (Å²) in [5.41, 5.74) is 20.3. The van der Waals surface area contributed by atoms with Crippen molar-refractivity contribution in [3.63, 3.8) is 0 Å². The average Bonchev–Trinajstić information content (AvgIpc) is 1.67. The van der Waals surface area contributed by atoms with Gasteiger partial charge in [-0.15, -0.1) is 0 Å². The number of aryl methyl sites for hydroxylation is 4. The molecule has 0 radical (unpaired) electrons. The fourth-order valence-electron chi connectivity index (χ4n) is 12.3. The predicted molar refractivity (Wildman–Crippen MR) is 389 cm³/mol. The zero-order valence-electron chi connectivity index (χ0n) is 61.8. The summed E-state index contributed by atoms with van der Waals surface area (Å²) >= 11 is 0. The van der Waals surface area contributed by atoms with Gasteiger partial charge in [0.15, 0.2) is 0 Å². The number of nitrogens with one attached hydrogen (secondary N) is 6. The molecule has 0 aliphatic carbocycles. The number of nitrogens with zero attached hydrogens (tertiary/aromatic N) is 10. The molecule has 0 saturated carbocycles. The van der Waals surface area contributed by atoms with Crippen LogP contribution < -0.4 is 59.7 Å². The van der Waals surface area contributed by atoms with Gasteiger partial charge in [0.05, 0.1) is 114 Å². The Morgan fingerprint density at radius 3 is 1.74 bits per heavy atom. The number of hydrogen-bond acceptors (Lipinski definition) is 23. The van der Waals surface area contributed by atoms with Crippen LogP contribution in [0, 0.1) is 19.8 Å². The van der Waals surface area contributed by atoms with Gasteiger partial charge in [0.2, 0.25) is 59.2 Å². The zero-order valence-corrected chi connectivity index (χ0v) is 61.8. The number of nitrogens with two attached hydrogens (primary N) is 4. The molecule has 14 N–H and O–H groups in total. The number of amides is 10. The zero-order chi connectivity index (χ0) is 77.5. The molecule has 4 aromatic heterocycles. The number of fused-ring (bicyclic) bond motifs is 2. The second-order valence-corrected chi connectivity index (χ2v) is 26.4. The summed E-state index contributed by atoms with van der Waals surface area (Å²) in [7, 11) is 0. The van der Waals surface area contributed by atoms with Gasteiger partial charge in [-0.25, -0.2) is 15.9 Å². The number of carbonyl (C=O) groups is 10. The monoisotopic (exact) mass is 1490 g/mol. The number of benzene rings is 2. The number of carbonyl (C=O) groups excluding carboxylic acids is 10. The van der Waals surface area contributed by atoms with Gasteiger partial charge in [-0.3, -0.25) is 72.8 Å². The molecule has 6 aromatic rings. The summed E-state index contributed by atoms with van der Waals surface area (Å²) in [6.45, 7) is 19.8. The van der Waals surface area contributed by atoms with Crippen LogP contribution >= 0.6 is 0 Å². The van der Waals surface area contributed by atoms with Gasteiger partial charge in [-0.1, -0.05) is 26.0 Å². The van der Waals surface area contributed by atoms with E-state index in [-0.39, 0.29) is 119 Å². The molecule has 10 amide bonds. The molecule has 2 aromatic carbocycles. The topological polar surface area (TPSA) is 489 Å². The van der Waals surface area contributed by atoms with Crippen molar-refractivity contribution in [1.29, 1.82) is 0 Å². The molecular formula is C70H100N20O17. The van der Waals surface area contributed by atoms with Crippen LogP contribution in [0.1, 0.15) is 120 Å². The summed E-state index contributed by atoms with van der Waals surface area (Å²) in [4.78, 5) is 151. The molecule has 6 heterocycles. The van der Waals surface area contributed by atoms with Gasteiger partial charge in [0.25, 0.3) is 11.8 Å². The third-order valence-corrected chi connectivity index (χ3v) is 17.5. The van der Waals surface area contributed by atoms with Crippen LogP contribution in [0.2, 0.25) is 0 Å². The van der Waals surface area contributed by atoms with Gasteiger partial charge in [0.1, 0.15) is 52.4 Å². The first-order valence-electron chi connectivity index (χ1n) is 35.6. The number of aromatic nitrogens is 8. The molecule has 2 aliphatic heterocycles. The molecule has 2 aliphatic rings. The van der Waals surface area contributed by atoms with E-state index in [0.717, 1.165) is 0 Å². The number of imidazole rings is 2. The van der Waals surface area contributed by atoms with E-state index < -0.39 is 95.3 Å². The van der Waals surface area contributed by atoms with Crippen molar-refractivity contribution in [1.82, 2.24) is 69.7 Å². The fraction of sp³-hybridized carbons (Fsp3) is 0.543. The maximum absolute atomic E-state index is 14.5. The van der Waals surface area contributed by atoms with Gasteiger partial charge in [-0.2, -0.15) is 10.2 Å². The normalized spacial score (nSPS) is 14.7. The van der Waals surface area contributed by atoms with E-state index in [2.05, 4.69) is 51.8 Å². The number of ether oxygens (including phenoxy) is 6. The lowest BCUT2D eigenvalue weighted by Crippen LogP contribution is -2.71. The van der Waals surface area contributed by atoms with Crippen LogP contribution in [-0.4, -0.2) is 243 Å². The highest BCUT2D eigenvalue weighted by molar-refractivity contribution is 6.05. The third kappa shape index (κ3) is 23.1. The molecule has 4 atom stereocenters. The highest BCUT2D eigenvalue weighted by Crippen LogP contribution is 2.34. The summed E-state index contributed by atoms with van der Waals surface area (Å²) in [6.07, 6.45) is 3.64. The quantitative estimate of drug-likeness (QED) is 0.0140. The maximum atomic E-state index is 14.5. The van der Waals surface area contributed by atoms with Gasteiger partial charge in [-0.05, 0) is 103 Å². The first-order chi connectivity index (χ1) is 51.2.